The van der Waals surface area contributed by atoms with Gasteiger partial charge in [0.1, 0.15) is 0 Å². The first kappa shape index (κ1) is 16.5. The summed E-state index contributed by atoms with van der Waals surface area (Å²) in [6.07, 6.45) is 6.13. The van der Waals surface area contributed by atoms with Crippen LogP contribution in [0.5, 0.6) is 0 Å². The van der Waals surface area contributed by atoms with Crippen LogP contribution in [0.3, 0.4) is 0 Å². The Balaban J connectivity index is 1.86. The second kappa shape index (κ2) is 7.45. The van der Waals surface area contributed by atoms with Crippen LogP contribution >= 0.6 is 11.3 Å². The molecule has 0 aliphatic carbocycles. The molecule has 0 spiro atoms. The van der Waals surface area contributed by atoms with Crippen molar-refractivity contribution in [3.8, 4) is 11.3 Å². The van der Waals surface area contributed by atoms with Crippen LogP contribution < -0.4 is 4.87 Å². The van der Waals surface area contributed by atoms with Crippen LogP contribution in [0.2, 0.25) is 0 Å². The average Bonchev–Trinajstić information content (AvgIpc) is 2.96. The van der Waals surface area contributed by atoms with E-state index in [2.05, 4.69) is 48.0 Å². The highest BCUT2D eigenvalue weighted by Crippen LogP contribution is 2.28. The Morgan fingerprint density at radius 1 is 1.22 bits per heavy atom. The minimum absolute atomic E-state index is 0.0552. The molecule has 1 fully saturated rings. The van der Waals surface area contributed by atoms with Crippen LogP contribution in [0.25, 0.3) is 11.3 Å². The molecule has 0 saturated carbocycles. The Kier molecular flexibility index (Phi) is 5.34. The maximum Gasteiger partial charge on any atom is 0.305 e. The highest BCUT2D eigenvalue weighted by atomic mass is 32.1. The summed E-state index contributed by atoms with van der Waals surface area (Å²) >= 11 is 1.37. The Morgan fingerprint density at radius 3 is 2.70 bits per heavy atom. The summed E-state index contributed by atoms with van der Waals surface area (Å²) in [5.41, 5.74) is 3.47. The first-order chi connectivity index (χ1) is 11.2. The molecule has 1 aliphatic rings. The Hall–Kier alpha value is -1.39. The molecule has 0 radical (unpaired) electrons. The number of nitrogens with zero attached hydrogens (tertiary/aromatic N) is 1. The lowest BCUT2D eigenvalue weighted by atomic mass is 9.99. The third-order valence-electron chi connectivity index (χ3n) is 4.94. The van der Waals surface area contributed by atoms with Crippen molar-refractivity contribution in [3.63, 3.8) is 0 Å². The van der Waals surface area contributed by atoms with Crippen LogP contribution in [0, 0.1) is 0 Å². The van der Waals surface area contributed by atoms with E-state index >= 15 is 0 Å². The maximum atomic E-state index is 11.9. The molecule has 1 aliphatic heterocycles. The maximum absolute atomic E-state index is 11.9. The minimum Gasteiger partial charge on any atom is -0.312 e. The van der Waals surface area contributed by atoms with Gasteiger partial charge in [-0.3, -0.25) is 9.69 Å². The number of piperidine rings is 1. The van der Waals surface area contributed by atoms with Gasteiger partial charge in [0, 0.05) is 17.5 Å². The molecular formula is C19H26N2OS. The molecule has 2 aromatic rings. The zero-order chi connectivity index (χ0) is 16.2. The Morgan fingerprint density at radius 2 is 2.00 bits per heavy atom. The lowest BCUT2D eigenvalue weighted by Gasteiger charge is -2.35. The van der Waals surface area contributed by atoms with Crippen molar-refractivity contribution in [2.75, 3.05) is 6.54 Å². The third kappa shape index (κ3) is 3.75. The van der Waals surface area contributed by atoms with Gasteiger partial charge in [-0.25, -0.2) is 0 Å². The smallest absolute Gasteiger partial charge is 0.305 e. The number of aromatic nitrogens is 1. The Labute approximate surface area is 142 Å². The number of H-pyrrole nitrogens is 1. The molecule has 1 aromatic heterocycles. The summed E-state index contributed by atoms with van der Waals surface area (Å²) in [6, 6.07) is 9.24. The van der Waals surface area contributed by atoms with Gasteiger partial charge >= 0.3 is 4.87 Å². The predicted molar refractivity (Wildman–Crippen MR) is 98.1 cm³/mol. The second-order valence-corrected chi connectivity index (χ2v) is 7.46. The largest absolute Gasteiger partial charge is 0.312 e. The number of benzene rings is 1. The van der Waals surface area contributed by atoms with Gasteiger partial charge in [-0.1, -0.05) is 55.9 Å². The molecule has 3 rings (SSSR count). The summed E-state index contributed by atoms with van der Waals surface area (Å²) in [7, 11) is 0. The third-order valence-corrected chi connectivity index (χ3v) is 5.81. The van der Waals surface area contributed by atoms with E-state index in [0.29, 0.717) is 6.04 Å². The van der Waals surface area contributed by atoms with Gasteiger partial charge in [0.05, 0.1) is 5.69 Å². The highest BCUT2D eigenvalue weighted by molar-refractivity contribution is 7.09. The van der Waals surface area contributed by atoms with Crippen LogP contribution in [-0.2, 0) is 13.0 Å². The van der Waals surface area contributed by atoms with Crippen molar-refractivity contribution >= 4 is 11.3 Å². The van der Waals surface area contributed by atoms with E-state index in [1.807, 2.05) is 0 Å². The van der Waals surface area contributed by atoms with E-state index in [1.54, 1.807) is 0 Å². The van der Waals surface area contributed by atoms with E-state index in [-0.39, 0.29) is 4.87 Å². The van der Waals surface area contributed by atoms with Gasteiger partial charge in [-0.05, 0) is 43.4 Å². The van der Waals surface area contributed by atoms with Crippen molar-refractivity contribution in [3.05, 3.63) is 44.4 Å². The van der Waals surface area contributed by atoms with Gasteiger partial charge < -0.3 is 4.98 Å². The van der Waals surface area contributed by atoms with Gasteiger partial charge in [-0.15, -0.1) is 0 Å². The molecule has 124 valence electrons. The normalized spacial score (nSPS) is 19.1. The number of likely N-dealkylation sites (tertiary alicyclic amines) is 1. The Bertz CT molecular complexity index is 686. The summed E-state index contributed by atoms with van der Waals surface area (Å²) in [6.45, 7) is 6.48. The fourth-order valence-electron chi connectivity index (χ4n) is 3.53. The van der Waals surface area contributed by atoms with Gasteiger partial charge in [0.15, 0.2) is 0 Å². The molecule has 1 aromatic carbocycles. The number of thiazole rings is 1. The molecule has 3 nitrogen and oxygen atoms in total. The van der Waals surface area contributed by atoms with Gasteiger partial charge in [0.25, 0.3) is 0 Å². The number of aryl methyl sites for hydroxylation is 1. The molecule has 1 saturated heterocycles. The number of rotatable bonds is 5. The summed E-state index contributed by atoms with van der Waals surface area (Å²) < 4.78 is 0. The molecule has 0 bridgehead atoms. The van der Waals surface area contributed by atoms with Crippen LogP contribution in [-0.4, -0.2) is 22.5 Å². The standard InChI is InChI=1S/C19H26N2OS/c1-3-14-8-10-15(11-9-14)18-17(23-19(22)20-18)13-21-12-6-5-7-16(21)4-2/h8-11,16H,3-7,12-13H2,1-2H3,(H,20,22). The highest BCUT2D eigenvalue weighted by Gasteiger charge is 2.23. The zero-order valence-electron chi connectivity index (χ0n) is 14.1. The zero-order valence-corrected chi connectivity index (χ0v) is 14.9. The number of aromatic amines is 1. The van der Waals surface area contributed by atoms with Crippen molar-refractivity contribution in [2.24, 2.45) is 0 Å². The fraction of sp³-hybridized carbons (Fsp3) is 0.526. The van der Waals surface area contributed by atoms with Crippen LogP contribution in [0.15, 0.2) is 29.1 Å². The van der Waals surface area contributed by atoms with E-state index in [0.717, 1.165) is 30.8 Å². The molecule has 2 heterocycles. The summed E-state index contributed by atoms with van der Waals surface area (Å²) in [5.74, 6) is 0. The van der Waals surface area contributed by atoms with Crippen molar-refractivity contribution in [1.82, 2.24) is 9.88 Å². The first-order valence-corrected chi connectivity index (χ1v) is 9.58. The van der Waals surface area contributed by atoms with E-state index in [4.69, 9.17) is 0 Å². The summed E-state index contributed by atoms with van der Waals surface area (Å²) in [5, 5.41) is 0. The molecule has 0 amide bonds. The number of hydrogen-bond donors (Lipinski definition) is 1. The molecule has 1 unspecified atom stereocenters. The van der Waals surface area contributed by atoms with Crippen molar-refractivity contribution in [1.29, 1.82) is 0 Å². The van der Waals surface area contributed by atoms with E-state index in [1.165, 1.54) is 47.5 Å². The van der Waals surface area contributed by atoms with Crippen molar-refractivity contribution in [2.45, 2.75) is 58.5 Å². The van der Waals surface area contributed by atoms with E-state index in [9.17, 15) is 4.79 Å². The first-order valence-electron chi connectivity index (χ1n) is 8.76. The molecular weight excluding hydrogens is 304 g/mol. The quantitative estimate of drug-likeness (QED) is 0.880. The predicted octanol–water partition coefficient (Wildman–Crippen LogP) is 4.43. The monoisotopic (exact) mass is 330 g/mol. The average molecular weight is 330 g/mol. The molecule has 1 N–H and O–H groups in total. The van der Waals surface area contributed by atoms with Gasteiger partial charge in [0.2, 0.25) is 0 Å². The summed E-state index contributed by atoms with van der Waals surface area (Å²) in [4.78, 5) is 18.8. The lowest BCUT2D eigenvalue weighted by Crippen LogP contribution is -2.38. The van der Waals surface area contributed by atoms with Crippen molar-refractivity contribution < 1.29 is 0 Å². The van der Waals surface area contributed by atoms with Crippen LogP contribution in [0.1, 0.15) is 50.0 Å². The minimum atomic E-state index is 0.0552. The SMILES string of the molecule is CCc1ccc(-c2[nH]c(=O)sc2CN2CCCCC2CC)cc1. The molecule has 23 heavy (non-hydrogen) atoms. The second-order valence-electron chi connectivity index (χ2n) is 6.39. The lowest BCUT2D eigenvalue weighted by molar-refractivity contribution is 0.137. The van der Waals surface area contributed by atoms with E-state index < -0.39 is 0 Å². The topological polar surface area (TPSA) is 36.1 Å². The number of nitrogens with one attached hydrogen (secondary N) is 1. The van der Waals surface area contributed by atoms with Crippen LogP contribution in [0.4, 0.5) is 0 Å². The fourth-order valence-corrected chi connectivity index (χ4v) is 4.40. The molecule has 4 heteroatoms. The molecule has 1 atom stereocenters. The van der Waals surface area contributed by atoms with Gasteiger partial charge in [-0.2, -0.15) is 0 Å². The number of hydrogen-bond acceptors (Lipinski definition) is 3.